The monoisotopic (exact) mass is 347 g/mol. The van der Waals surface area contributed by atoms with E-state index in [1.54, 1.807) is 12.0 Å². The second kappa shape index (κ2) is 6.71. The number of ether oxygens (including phenoxy) is 2. The number of methoxy groups -OCH3 is 1. The largest absolute Gasteiger partial charge is 0.497 e. The molecule has 1 heterocycles. The van der Waals surface area contributed by atoms with Crippen molar-refractivity contribution in [2.45, 2.75) is 19.1 Å². The summed E-state index contributed by atoms with van der Waals surface area (Å²) in [6, 6.07) is 20.1. The van der Waals surface area contributed by atoms with E-state index < -0.39 is 6.10 Å². The highest BCUT2D eigenvalue weighted by molar-refractivity contribution is 5.85. The van der Waals surface area contributed by atoms with Crippen molar-refractivity contribution in [3.63, 3.8) is 0 Å². The Bertz CT molecular complexity index is 942. The highest BCUT2D eigenvalue weighted by Crippen LogP contribution is 2.29. The molecule has 132 valence electrons. The van der Waals surface area contributed by atoms with Gasteiger partial charge in [-0.05, 0) is 46.2 Å². The Morgan fingerprint density at radius 3 is 2.69 bits per heavy atom. The Balaban J connectivity index is 1.47. The molecule has 0 aromatic heterocycles. The van der Waals surface area contributed by atoms with Crippen LogP contribution in [0.4, 0.5) is 0 Å². The number of likely N-dealkylation sites (N-methyl/N-ethyl adjacent to an activating group) is 1. The van der Waals surface area contributed by atoms with E-state index in [4.69, 9.17) is 9.47 Å². The summed E-state index contributed by atoms with van der Waals surface area (Å²) in [6.07, 6.45) is 0.207. The number of fused-ring (bicyclic) bond motifs is 2. The maximum atomic E-state index is 12.7. The number of hydrogen-bond acceptors (Lipinski definition) is 3. The summed E-state index contributed by atoms with van der Waals surface area (Å²) in [5.74, 6) is 1.67. The third kappa shape index (κ3) is 3.10. The SMILES string of the molecule is COc1ccc2cc(CN(C)C(=O)[C@@H]3Cc4ccccc4O3)ccc2c1. The molecular weight excluding hydrogens is 326 g/mol. The van der Waals surface area contributed by atoms with Gasteiger partial charge in [-0.2, -0.15) is 0 Å². The highest BCUT2D eigenvalue weighted by atomic mass is 16.5. The zero-order chi connectivity index (χ0) is 18.1. The summed E-state index contributed by atoms with van der Waals surface area (Å²) in [4.78, 5) is 14.5. The first-order valence-corrected chi connectivity index (χ1v) is 8.70. The molecule has 0 N–H and O–H groups in total. The minimum absolute atomic E-state index is 0.0102. The van der Waals surface area contributed by atoms with Crippen LogP contribution in [0.5, 0.6) is 11.5 Å². The molecule has 0 unspecified atom stereocenters. The molecule has 0 fully saturated rings. The van der Waals surface area contributed by atoms with Crippen LogP contribution in [0.3, 0.4) is 0 Å². The lowest BCUT2D eigenvalue weighted by atomic mass is 10.1. The molecule has 26 heavy (non-hydrogen) atoms. The molecule has 0 spiro atoms. The summed E-state index contributed by atoms with van der Waals surface area (Å²) in [6.45, 7) is 0.553. The molecule has 1 aliphatic heterocycles. The van der Waals surface area contributed by atoms with E-state index in [0.717, 1.165) is 33.4 Å². The zero-order valence-corrected chi connectivity index (χ0v) is 14.9. The Morgan fingerprint density at radius 2 is 1.88 bits per heavy atom. The summed E-state index contributed by atoms with van der Waals surface area (Å²) < 4.78 is 11.1. The van der Waals surface area contributed by atoms with Crippen molar-refractivity contribution in [1.82, 2.24) is 4.90 Å². The Kier molecular flexibility index (Phi) is 4.25. The zero-order valence-electron chi connectivity index (χ0n) is 14.9. The van der Waals surface area contributed by atoms with Gasteiger partial charge >= 0.3 is 0 Å². The summed E-state index contributed by atoms with van der Waals surface area (Å²) in [5.41, 5.74) is 2.19. The van der Waals surface area contributed by atoms with E-state index in [1.165, 1.54) is 0 Å². The van der Waals surface area contributed by atoms with Crippen LogP contribution in [0.1, 0.15) is 11.1 Å². The number of rotatable bonds is 4. The molecule has 0 aliphatic carbocycles. The Labute approximate surface area is 153 Å². The molecule has 0 bridgehead atoms. The van der Waals surface area contributed by atoms with Crippen molar-refractivity contribution < 1.29 is 14.3 Å². The van der Waals surface area contributed by atoms with E-state index in [2.05, 4.69) is 18.2 Å². The summed E-state index contributed by atoms with van der Waals surface area (Å²) in [7, 11) is 3.49. The van der Waals surface area contributed by atoms with Gasteiger partial charge in [0, 0.05) is 20.0 Å². The molecule has 0 saturated heterocycles. The van der Waals surface area contributed by atoms with Gasteiger partial charge in [0.1, 0.15) is 11.5 Å². The van der Waals surface area contributed by atoms with Crippen LogP contribution in [0.2, 0.25) is 0 Å². The van der Waals surface area contributed by atoms with Crippen LogP contribution < -0.4 is 9.47 Å². The number of benzene rings is 3. The number of amides is 1. The van der Waals surface area contributed by atoms with Gasteiger partial charge in [-0.25, -0.2) is 0 Å². The first-order chi connectivity index (χ1) is 12.6. The fourth-order valence-electron chi connectivity index (χ4n) is 3.42. The molecular formula is C22H21NO3. The van der Waals surface area contributed by atoms with Crippen LogP contribution >= 0.6 is 0 Å². The molecule has 3 aromatic rings. The van der Waals surface area contributed by atoms with Crippen molar-refractivity contribution in [1.29, 1.82) is 0 Å². The average Bonchev–Trinajstić information content (AvgIpc) is 3.11. The predicted molar refractivity (Wildman–Crippen MR) is 102 cm³/mol. The quantitative estimate of drug-likeness (QED) is 0.720. The molecule has 3 aromatic carbocycles. The highest BCUT2D eigenvalue weighted by Gasteiger charge is 2.30. The maximum absolute atomic E-state index is 12.7. The molecule has 4 rings (SSSR count). The van der Waals surface area contributed by atoms with Gasteiger partial charge in [0.05, 0.1) is 7.11 Å². The van der Waals surface area contributed by atoms with Gasteiger partial charge in [0.15, 0.2) is 6.10 Å². The molecule has 4 nitrogen and oxygen atoms in total. The van der Waals surface area contributed by atoms with Crippen LogP contribution in [0.15, 0.2) is 60.7 Å². The minimum Gasteiger partial charge on any atom is -0.497 e. The van der Waals surface area contributed by atoms with Gasteiger partial charge in [-0.3, -0.25) is 4.79 Å². The van der Waals surface area contributed by atoms with E-state index in [9.17, 15) is 4.79 Å². The number of hydrogen-bond donors (Lipinski definition) is 0. The summed E-state index contributed by atoms with van der Waals surface area (Å²) >= 11 is 0. The van der Waals surface area contributed by atoms with Crippen LogP contribution in [0.25, 0.3) is 10.8 Å². The van der Waals surface area contributed by atoms with Crippen LogP contribution in [-0.2, 0) is 17.8 Å². The fraction of sp³-hybridized carbons (Fsp3) is 0.227. The van der Waals surface area contributed by atoms with E-state index in [-0.39, 0.29) is 5.91 Å². The molecule has 0 saturated carbocycles. The third-order valence-corrected chi connectivity index (χ3v) is 4.83. The summed E-state index contributed by atoms with van der Waals surface area (Å²) in [5, 5.41) is 2.25. The predicted octanol–water partition coefficient (Wildman–Crippen LogP) is 3.81. The standard InChI is InChI=1S/C22H21NO3/c1-23(22(24)21-13-18-5-3-4-6-20(18)26-21)14-15-7-8-17-12-19(25-2)10-9-16(17)11-15/h3-12,21H,13-14H2,1-2H3/t21-/m0/s1. The lowest BCUT2D eigenvalue weighted by Gasteiger charge is -2.21. The first kappa shape index (κ1) is 16.5. The lowest BCUT2D eigenvalue weighted by molar-refractivity contribution is -0.137. The van der Waals surface area contributed by atoms with Gasteiger partial charge in [0.25, 0.3) is 5.91 Å². The maximum Gasteiger partial charge on any atom is 0.264 e. The van der Waals surface area contributed by atoms with Gasteiger partial charge in [-0.1, -0.05) is 36.4 Å². The molecule has 1 amide bonds. The number of carbonyl (C=O) groups excluding carboxylic acids is 1. The van der Waals surface area contributed by atoms with E-state index >= 15 is 0 Å². The second-order valence-corrected chi connectivity index (χ2v) is 6.66. The van der Waals surface area contributed by atoms with E-state index in [0.29, 0.717) is 13.0 Å². The topological polar surface area (TPSA) is 38.8 Å². The fourth-order valence-corrected chi connectivity index (χ4v) is 3.42. The van der Waals surface area contributed by atoms with Gasteiger partial charge < -0.3 is 14.4 Å². The first-order valence-electron chi connectivity index (χ1n) is 8.70. The minimum atomic E-state index is -0.429. The molecule has 1 aliphatic rings. The Hall–Kier alpha value is -3.01. The van der Waals surface area contributed by atoms with Gasteiger partial charge in [0.2, 0.25) is 0 Å². The van der Waals surface area contributed by atoms with Crippen molar-refractivity contribution in [3.05, 3.63) is 71.8 Å². The van der Waals surface area contributed by atoms with Gasteiger partial charge in [-0.15, -0.1) is 0 Å². The van der Waals surface area contributed by atoms with Crippen molar-refractivity contribution in [2.24, 2.45) is 0 Å². The Morgan fingerprint density at radius 1 is 1.12 bits per heavy atom. The van der Waals surface area contributed by atoms with Crippen molar-refractivity contribution in [3.8, 4) is 11.5 Å². The number of carbonyl (C=O) groups is 1. The third-order valence-electron chi connectivity index (χ3n) is 4.83. The van der Waals surface area contributed by atoms with E-state index in [1.807, 2.05) is 49.5 Å². The molecule has 0 radical (unpaired) electrons. The van der Waals surface area contributed by atoms with Crippen molar-refractivity contribution >= 4 is 16.7 Å². The van der Waals surface area contributed by atoms with Crippen LogP contribution in [0, 0.1) is 0 Å². The number of para-hydroxylation sites is 1. The second-order valence-electron chi connectivity index (χ2n) is 6.66. The van der Waals surface area contributed by atoms with Crippen LogP contribution in [-0.4, -0.2) is 31.1 Å². The number of nitrogens with zero attached hydrogens (tertiary/aromatic N) is 1. The molecule has 4 heteroatoms. The lowest BCUT2D eigenvalue weighted by Crippen LogP contribution is -2.38. The molecule has 1 atom stereocenters. The van der Waals surface area contributed by atoms with Crippen molar-refractivity contribution in [2.75, 3.05) is 14.2 Å². The normalized spacial score (nSPS) is 15.4. The average molecular weight is 347 g/mol. The smallest absolute Gasteiger partial charge is 0.264 e.